The molecule has 2 fully saturated rings. The van der Waals surface area contributed by atoms with Crippen LogP contribution < -0.4 is 4.72 Å². The van der Waals surface area contributed by atoms with Gasteiger partial charge in [-0.2, -0.15) is 0 Å². The molecule has 1 aliphatic heterocycles. The number of sulfonamides is 1. The first-order chi connectivity index (χ1) is 13.3. The zero-order chi connectivity index (χ0) is 20.3. The number of carbonyl (C=O) groups excluding carboxylic acids is 1. The van der Waals surface area contributed by atoms with Crippen LogP contribution in [0.15, 0.2) is 29.2 Å². The van der Waals surface area contributed by atoms with Crippen LogP contribution in [0, 0.1) is 11.8 Å². The summed E-state index contributed by atoms with van der Waals surface area (Å²) in [6.45, 7) is 3.17. The van der Waals surface area contributed by atoms with Gasteiger partial charge in [0.05, 0.1) is 17.4 Å². The van der Waals surface area contributed by atoms with E-state index >= 15 is 0 Å². The molecule has 1 aromatic rings. The first kappa shape index (κ1) is 20.6. The summed E-state index contributed by atoms with van der Waals surface area (Å²) in [6.07, 6.45) is 1.29. The van der Waals surface area contributed by atoms with Gasteiger partial charge in [0, 0.05) is 19.6 Å². The Morgan fingerprint density at radius 3 is 2.64 bits per heavy atom. The minimum absolute atomic E-state index is 0.0318. The maximum atomic E-state index is 12.5. The van der Waals surface area contributed by atoms with E-state index in [-0.39, 0.29) is 35.2 Å². The summed E-state index contributed by atoms with van der Waals surface area (Å²) in [6, 6.07) is 6.57. The lowest BCUT2D eigenvalue weighted by Crippen LogP contribution is -2.43. The lowest BCUT2D eigenvalue weighted by molar-refractivity contribution is -0.144. The predicted octanol–water partition coefficient (Wildman–Crippen LogP) is 2.02. The number of ether oxygens (including phenoxy) is 1. The second kappa shape index (κ2) is 8.48. The van der Waals surface area contributed by atoms with Gasteiger partial charge >= 0.3 is 12.1 Å². The lowest BCUT2D eigenvalue weighted by atomic mass is 9.99. The Labute approximate surface area is 164 Å². The van der Waals surface area contributed by atoms with Crippen LogP contribution >= 0.6 is 0 Å². The normalized spacial score (nSPS) is 24.6. The Kier molecular flexibility index (Phi) is 6.24. The van der Waals surface area contributed by atoms with Gasteiger partial charge in [-0.1, -0.05) is 12.1 Å². The average Bonchev–Trinajstić information content (AvgIpc) is 3.48. The number of likely N-dealkylation sites (tertiary alicyclic amines) is 1. The van der Waals surface area contributed by atoms with E-state index in [1.807, 2.05) is 0 Å². The third kappa shape index (κ3) is 4.82. The van der Waals surface area contributed by atoms with Crippen LogP contribution in [0.4, 0.5) is 4.79 Å². The fraction of sp³-hybridized carbons (Fsp3) is 0.579. The van der Waals surface area contributed by atoms with Gasteiger partial charge in [-0.05, 0) is 55.7 Å². The van der Waals surface area contributed by atoms with Gasteiger partial charge in [-0.15, -0.1) is 0 Å². The summed E-state index contributed by atoms with van der Waals surface area (Å²) in [5, 5.41) is 9.08. The van der Waals surface area contributed by atoms with Gasteiger partial charge in [0.25, 0.3) is 0 Å². The van der Waals surface area contributed by atoms with E-state index in [1.165, 1.54) is 4.90 Å². The summed E-state index contributed by atoms with van der Waals surface area (Å²) in [5.41, 5.74) is 0.932. The number of rotatable bonds is 7. The van der Waals surface area contributed by atoms with Crippen molar-refractivity contribution >= 4 is 22.1 Å². The molecule has 2 unspecified atom stereocenters. The van der Waals surface area contributed by atoms with E-state index in [1.54, 1.807) is 31.2 Å². The number of carbonyl (C=O) groups is 2. The van der Waals surface area contributed by atoms with Crippen molar-refractivity contribution in [1.29, 1.82) is 0 Å². The van der Waals surface area contributed by atoms with Crippen LogP contribution in [0.5, 0.6) is 0 Å². The van der Waals surface area contributed by atoms with Crippen molar-refractivity contribution in [2.45, 2.75) is 37.0 Å². The van der Waals surface area contributed by atoms with Crippen LogP contribution in [-0.4, -0.2) is 56.7 Å². The van der Waals surface area contributed by atoms with E-state index in [0.29, 0.717) is 19.7 Å². The van der Waals surface area contributed by atoms with Crippen molar-refractivity contribution in [2.24, 2.45) is 11.8 Å². The smallest absolute Gasteiger partial charge is 0.407 e. The molecule has 1 heterocycles. The Balaban J connectivity index is 1.56. The highest BCUT2D eigenvalue weighted by Crippen LogP contribution is 2.48. The number of nitrogens with one attached hydrogen (secondary N) is 1. The SMILES string of the molecule is CCOC(=O)C1CC1c1ccc(S(=O)(=O)NC[C@H]2CCCN(C(=O)O)C2)cc1. The highest BCUT2D eigenvalue weighted by molar-refractivity contribution is 7.89. The summed E-state index contributed by atoms with van der Waals surface area (Å²) in [5.74, 6) is -0.276. The molecule has 1 aromatic carbocycles. The first-order valence-corrected chi connectivity index (χ1v) is 11.0. The first-order valence-electron chi connectivity index (χ1n) is 9.56. The molecule has 0 aromatic heterocycles. The number of amides is 1. The van der Waals surface area contributed by atoms with Crippen LogP contribution in [0.1, 0.15) is 37.7 Å². The zero-order valence-electron chi connectivity index (χ0n) is 15.8. The zero-order valence-corrected chi connectivity index (χ0v) is 16.7. The molecule has 1 amide bonds. The second-order valence-corrected chi connectivity index (χ2v) is 9.13. The number of nitrogens with zero attached hydrogens (tertiary/aromatic N) is 1. The molecule has 154 valence electrons. The van der Waals surface area contributed by atoms with E-state index in [4.69, 9.17) is 9.84 Å². The molecule has 3 rings (SSSR count). The maximum absolute atomic E-state index is 12.5. The van der Waals surface area contributed by atoms with Gasteiger partial charge in [0.1, 0.15) is 0 Å². The molecule has 9 heteroatoms. The van der Waals surface area contributed by atoms with Crippen molar-refractivity contribution < 1.29 is 27.9 Å². The topological polar surface area (TPSA) is 113 Å². The Hall–Kier alpha value is -2.13. The van der Waals surface area contributed by atoms with Crippen molar-refractivity contribution in [2.75, 3.05) is 26.2 Å². The van der Waals surface area contributed by atoms with Gasteiger partial charge < -0.3 is 14.7 Å². The monoisotopic (exact) mass is 410 g/mol. The molecule has 0 radical (unpaired) electrons. The largest absolute Gasteiger partial charge is 0.466 e. The number of hydrogen-bond acceptors (Lipinski definition) is 5. The van der Waals surface area contributed by atoms with Crippen molar-refractivity contribution in [3.05, 3.63) is 29.8 Å². The summed E-state index contributed by atoms with van der Waals surface area (Å²) in [4.78, 5) is 24.3. The number of piperidine rings is 1. The minimum atomic E-state index is -3.67. The summed E-state index contributed by atoms with van der Waals surface area (Å²) < 4.78 is 32.7. The standard InChI is InChI=1S/C19H26N2O6S/c1-2-27-18(22)17-10-16(17)14-5-7-15(8-6-14)28(25,26)20-11-13-4-3-9-21(12-13)19(23)24/h5-8,13,16-17,20H,2-4,9-12H2,1H3,(H,23,24)/t13-,16?,17?/m1/s1. The molecule has 8 nitrogen and oxygen atoms in total. The van der Waals surface area contributed by atoms with Crippen molar-refractivity contribution in [3.8, 4) is 0 Å². The van der Waals surface area contributed by atoms with Gasteiger partial charge in [-0.3, -0.25) is 4.79 Å². The number of benzene rings is 1. The Bertz CT molecular complexity index is 823. The van der Waals surface area contributed by atoms with E-state index in [0.717, 1.165) is 24.8 Å². The van der Waals surface area contributed by atoms with Gasteiger partial charge in [-0.25, -0.2) is 17.9 Å². The quantitative estimate of drug-likeness (QED) is 0.665. The molecule has 1 saturated heterocycles. The van der Waals surface area contributed by atoms with E-state index in [9.17, 15) is 18.0 Å². The molecule has 0 spiro atoms. The molecule has 1 saturated carbocycles. The Morgan fingerprint density at radius 2 is 2.00 bits per heavy atom. The minimum Gasteiger partial charge on any atom is -0.466 e. The van der Waals surface area contributed by atoms with Gasteiger partial charge in [0.15, 0.2) is 0 Å². The predicted molar refractivity (Wildman–Crippen MR) is 101 cm³/mol. The fourth-order valence-corrected chi connectivity index (χ4v) is 4.80. The second-order valence-electron chi connectivity index (χ2n) is 7.36. The summed E-state index contributed by atoms with van der Waals surface area (Å²) >= 11 is 0. The van der Waals surface area contributed by atoms with Crippen LogP contribution in [0.3, 0.4) is 0 Å². The lowest BCUT2D eigenvalue weighted by Gasteiger charge is -2.30. The van der Waals surface area contributed by atoms with Crippen LogP contribution in [0.25, 0.3) is 0 Å². The number of esters is 1. The highest BCUT2D eigenvalue weighted by Gasteiger charge is 2.45. The third-order valence-corrected chi connectivity index (χ3v) is 6.79. The highest BCUT2D eigenvalue weighted by atomic mass is 32.2. The molecule has 28 heavy (non-hydrogen) atoms. The van der Waals surface area contributed by atoms with E-state index < -0.39 is 16.1 Å². The fourth-order valence-electron chi connectivity index (χ4n) is 3.68. The van der Waals surface area contributed by atoms with Crippen LogP contribution in [-0.2, 0) is 19.6 Å². The van der Waals surface area contributed by atoms with Gasteiger partial charge in [0.2, 0.25) is 10.0 Å². The maximum Gasteiger partial charge on any atom is 0.407 e. The molecule has 1 aliphatic carbocycles. The third-order valence-electron chi connectivity index (χ3n) is 5.35. The molecule has 0 bridgehead atoms. The van der Waals surface area contributed by atoms with Crippen molar-refractivity contribution in [1.82, 2.24) is 9.62 Å². The molecule has 2 aliphatic rings. The number of carboxylic acid groups (broad SMARTS) is 1. The molecule has 2 N–H and O–H groups in total. The summed E-state index contributed by atoms with van der Waals surface area (Å²) in [7, 11) is -3.67. The Morgan fingerprint density at radius 1 is 1.29 bits per heavy atom. The molecule has 3 atom stereocenters. The number of hydrogen-bond donors (Lipinski definition) is 2. The molecular formula is C19H26N2O6S. The van der Waals surface area contributed by atoms with Crippen LogP contribution in [0.2, 0.25) is 0 Å². The average molecular weight is 410 g/mol. The van der Waals surface area contributed by atoms with Crippen molar-refractivity contribution in [3.63, 3.8) is 0 Å². The van der Waals surface area contributed by atoms with E-state index in [2.05, 4.69) is 4.72 Å². The molecular weight excluding hydrogens is 384 g/mol.